The average Bonchev–Trinajstić information content (AvgIpc) is 3.15. The van der Waals surface area contributed by atoms with E-state index in [1.165, 1.54) is 12.8 Å². The van der Waals surface area contributed by atoms with Crippen molar-refractivity contribution in [3.63, 3.8) is 0 Å². The first kappa shape index (κ1) is 12.2. The Hall–Kier alpha value is -2.56. The van der Waals surface area contributed by atoms with Gasteiger partial charge in [0.25, 0.3) is 0 Å². The Bertz CT molecular complexity index is 825. The van der Waals surface area contributed by atoms with Crippen molar-refractivity contribution >= 4 is 16.9 Å². The third-order valence-electron chi connectivity index (χ3n) is 4.03. The van der Waals surface area contributed by atoms with Gasteiger partial charge in [-0.1, -0.05) is 6.07 Å². The number of rotatable bonds is 2. The van der Waals surface area contributed by atoms with Crippen molar-refractivity contribution < 1.29 is 0 Å². The maximum Gasteiger partial charge on any atom is 0.323 e. The normalized spacial score (nSPS) is 15.0. The standard InChI is InChI=1S/C16H16N4O/c21-16-18-13-5-3-11(9-14(13)19-16)12-4-6-15(17-10-12)20-7-1-2-8-20/h3-6,9-10H,1-2,7-8H2,(H2,18,19,21). The zero-order chi connectivity index (χ0) is 14.2. The minimum Gasteiger partial charge on any atom is -0.357 e. The van der Waals surface area contributed by atoms with E-state index >= 15 is 0 Å². The summed E-state index contributed by atoms with van der Waals surface area (Å²) < 4.78 is 0. The molecule has 0 amide bonds. The van der Waals surface area contributed by atoms with Crippen LogP contribution in [0.4, 0.5) is 5.82 Å². The van der Waals surface area contributed by atoms with Crippen LogP contribution < -0.4 is 10.6 Å². The molecule has 2 N–H and O–H groups in total. The highest BCUT2D eigenvalue weighted by Crippen LogP contribution is 2.24. The smallest absolute Gasteiger partial charge is 0.323 e. The van der Waals surface area contributed by atoms with Crippen molar-refractivity contribution in [3.8, 4) is 11.1 Å². The number of pyridine rings is 1. The molecule has 4 rings (SSSR count). The molecule has 2 aromatic heterocycles. The molecule has 1 aliphatic rings. The molecule has 0 radical (unpaired) electrons. The van der Waals surface area contributed by atoms with Crippen LogP contribution in [0.5, 0.6) is 0 Å². The number of imidazole rings is 1. The number of nitrogens with zero attached hydrogens (tertiary/aromatic N) is 2. The largest absolute Gasteiger partial charge is 0.357 e. The van der Waals surface area contributed by atoms with Gasteiger partial charge in [0.2, 0.25) is 0 Å². The molecule has 0 bridgehead atoms. The SMILES string of the molecule is O=c1[nH]c2ccc(-c3ccc(N4CCCC4)nc3)cc2[nH]1. The Kier molecular flexibility index (Phi) is 2.77. The third-order valence-corrected chi connectivity index (χ3v) is 4.03. The summed E-state index contributed by atoms with van der Waals surface area (Å²) in [5.74, 6) is 1.05. The van der Waals surface area contributed by atoms with Gasteiger partial charge in [-0.15, -0.1) is 0 Å². The maximum absolute atomic E-state index is 11.3. The van der Waals surface area contributed by atoms with Crippen LogP contribution in [0.1, 0.15) is 12.8 Å². The molecule has 3 aromatic rings. The highest BCUT2D eigenvalue weighted by molar-refractivity contribution is 5.81. The molecule has 21 heavy (non-hydrogen) atoms. The first-order chi connectivity index (χ1) is 10.3. The predicted octanol–water partition coefficient (Wildman–Crippen LogP) is 2.52. The fraction of sp³-hybridized carbons (Fsp3) is 0.250. The molecule has 0 saturated carbocycles. The highest BCUT2D eigenvalue weighted by Gasteiger charge is 2.13. The minimum absolute atomic E-state index is 0.176. The van der Waals surface area contributed by atoms with Gasteiger partial charge in [0, 0.05) is 24.8 Å². The molecule has 1 fully saturated rings. The van der Waals surface area contributed by atoms with Crippen LogP contribution in [0.2, 0.25) is 0 Å². The number of hydrogen-bond donors (Lipinski definition) is 2. The quantitative estimate of drug-likeness (QED) is 0.758. The minimum atomic E-state index is -0.176. The summed E-state index contributed by atoms with van der Waals surface area (Å²) in [5.41, 5.74) is 3.58. The maximum atomic E-state index is 11.3. The fourth-order valence-corrected chi connectivity index (χ4v) is 2.90. The van der Waals surface area contributed by atoms with E-state index in [-0.39, 0.29) is 5.69 Å². The van der Waals surface area contributed by atoms with Gasteiger partial charge in [-0.25, -0.2) is 9.78 Å². The van der Waals surface area contributed by atoms with Gasteiger partial charge >= 0.3 is 5.69 Å². The molecule has 106 valence electrons. The number of nitrogens with one attached hydrogen (secondary N) is 2. The lowest BCUT2D eigenvalue weighted by Crippen LogP contribution is -2.18. The topological polar surface area (TPSA) is 64.8 Å². The average molecular weight is 280 g/mol. The monoisotopic (exact) mass is 280 g/mol. The number of fused-ring (bicyclic) bond motifs is 1. The lowest BCUT2D eigenvalue weighted by molar-refractivity contribution is 0.938. The van der Waals surface area contributed by atoms with E-state index in [2.05, 4.69) is 32.0 Å². The van der Waals surface area contributed by atoms with Crippen molar-refractivity contribution in [1.29, 1.82) is 0 Å². The van der Waals surface area contributed by atoms with E-state index in [4.69, 9.17) is 0 Å². The van der Waals surface area contributed by atoms with Gasteiger partial charge in [0.1, 0.15) is 5.82 Å². The lowest BCUT2D eigenvalue weighted by Gasteiger charge is -2.16. The third kappa shape index (κ3) is 2.20. The molecular weight excluding hydrogens is 264 g/mol. The Morgan fingerprint density at radius 2 is 1.71 bits per heavy atom. The number of H-pyrrole nitrogens is 2. The van der Waals surface area contributed by atoms with Crippen LogP contribution in [-0.4, -0.2) is 28.0 Å². The van der Waals surface area contributed by atoms with Gasteiger partial charge < -0.3 is 14.9 Å². The van der Waals surface area contributed by atoms with Crippen LogP contribution in [0, 0.1) is 0 Å². The molecule has 5 nitrogen and oxygen atoms in total. The van der Waals surface area contributed by atoms with E-state index in [9.17, 15) is 4.79 Å². The summed E-state index contributed by atoms with van der Waals surface area (Å²) in [5, 5.41) is 0. The first-order valence-corrected chi connectivity index (χ1v) is 7.23. The zero-order valence-corrected chi connectivity index (χ0v) is 11.6. The molecule has 3 heterocycles. The molecule has 0 atom stereocenters. The molecule has 0 aliphatic carbocycles. The van der Waals surface area contributed by atoms with Gasteiger partial charge in [0.15, 0.2) is 0 Å². The second kappa shape index (κ2) is 4.77. The summed E-state index contributed by atoms with van der Waals surface area (Å²) in [6, 6.07) is 10.0. The van der Waals surface area contributed by atoms with E-state index in [1.807, 2.05) is 24.4 Å². The Morgan fingerprint density at radius 3 is 2.48 bits per heavy atom. The van der Waals surface area contributed by atoms with Gasteiger partial charge in [-0.2, -0.15) is 0 Å². The summed E-state index contributed by atoms with van der Waals surface area (Å²) in [4.78, 5) is 23.7. The predicted molar refractivity (Wildman–Crippen MR) is 83.6 cm³/mol. The molecule has 0 spiro atoms. The summed E-state index contributed by atoms with van der Waals surface area (Å²) in [6.45, 7) is 2.20. The molecule has 5 heteroatoms. The highest BCUT2D eigenvalue weighted by atomic mass is 16.1. The van der Waals surface area contributed by atoms with Crippen molar-refractivity contribution in [2.45, 2.75) is 12.8 Å². The number of hydrogen-bond acceptors (Lipinski definition) is 3. The number of anilines is 1. The van der Waals surface area contributed by atoms with E-state index in [0.29, 0.717) is 0 Å². The number of aromatic nitrogens is 3. The molecular formula is C16H16N4O. The van der Waals surface area contributed by atoms with E-state index < -0.39 is 0 Å². The van der Waals surface area contributed by atoms with E-state index in [1.54, 1.807) is 0 Å². The summed E-state index contributed by atoms with van der Waals surface area (Å²) in [6.07, 6.45) is 4.40. The van der Waals surface area contributed by atoms with Crippen LogP contribution in [0.3, 0.4) is 0 Å². The van der Waals surface area contributed by atoms with E-state index in [0.717, 1.165) is 41.1 Å². The molecule has 1 aliphatic heterocycles. The van der Waals surface area contributed by atoms with Crippen LogP contribution in [0.25, 0.3) is 22.2 Å². The Labute approximate surface area is 121 Å². The van der Waals surface area contributed by atoms with Gasteiger partial charge in [-0.3, -0.25) is 0 Å². The van der Waals surface area contributed by atoms with Crippen molar-refractivity contribution in [1.82, 2.24) is 15.0 Å². The van der Waals surface area contributed by atoms with Crippen molar-refractivity contribution in [2.24, 2.45) is 0 Å². The van der Waals surface area contributed by atoms with Crippen LogP contribution in [-0.2, 0) is 0 Å². The second-order valence-corrected chi connectivity index (χ2v) is 5.44. The summed E-state index contributed by atoms with van der Waals surface area (Å²) >= 11 is 0. The molecule has 1 saturated heterocycles. The Morgan fingerprint density at radius 1 is 0.952 bits per heavy atom. The fourth-order valence-electron chi connectivity index (χ4n) is 2.90. The number of benzene rings is 1. The summed E-state index contributed by atoms with van der Waals surface area (Å²) in [7, 11) is 0. The van der Waals surface area contributed by atoms with Gasteiger partial charge in [-0.05, 0) is 42.7 Å². The van der Waals surface area contributed by atoms with Crippen LogP contribution in [0.15, 0.2) is 41.3 Å². The lowest BCUT2D eigenvalue weighted by atomic mass is 10.1. The number of aromatic amines is 2. The van der Waals surface area contributed by atoms with Crippen molar-refractivity contribution in [2.75, 3.05) is 18.0 Å². The van der Waals surface area contributed by atoms with Crippen molar-refractivity contribution in [3.05, 3.63) is 47.0 Å². The molecule has 0 unspecified atom stereocenters. The second-order valence-electron chi connectivity index (χ2n) is 5.44. The zero-order valence-electron chi connectivity index (χ0n) is 11.6. The van der Waals surface area contributed by atoms with Gasteiger partial charge in [0.05, 0.1) is 11.0 Å². The Balaban J connectivity index is 1.68. The molecule has 1 aromatic carbocycles. The van der Waals surface area contributed by atoms with Crippen LogP contribution >= 0.6 is 0 Å². The first-order valence-electron chi connectivity index (χ1n) is 7.23.